The summed E-state index contributed by atoms with van der Waals surface area (Å²) in [5.41, 5.74) is 8.01. The Kier molecular flexibility index (Phi) is 3.87. The maximum atomic E-state index is 11.9. The Hall–Kier alpha value is -1.95. The van der Waals surface area contributed by atoms with Crippen molar-refractivity contribution in [3.05, 3.63) is 29.3 Å². The Morgan fingerprint density at radius 2 is 2.05 bits per heavy atom. The maximum Gasteiger partial charge on any atom is 0.237 e. The van der Waals surface area contributed by atoms with Crippen LogP contribution in [0.5, 0.6) is 0 Å². The SMILES string of the molecule is Cc1cc(C)n2cc(CNC3(C(N)=O)CCCCC3)nc2n1. The number of carbonyl (C=O) groups excluding carboxylic acids is 1. The molecule has 0 radical (unpaired) electrons. The molecule has 0 bridgehead atoms. The van der Waals surface area contributed by atoms with Crippen LogP contribution in [-0.2, 0) is 11.3 Å². The van der Waals surface area contributed by atoms with E-state index >= 15 is 0 Å². The first-order valence-electron chi connectivity index (χ1n) is 7.87. The highest BCUT2D eigenvalue weighted by Crippen LogP contribution is 2.28. The van der Waals surface area contributed by atoms with Gasteiger partial charge in [0.1, 0.15) is 0 Å². The standard InChI is InChI=1S/C16H23N5O/c1-11-8-12(2)21-10-13(20-15(21)19-11)9-18-16(14(17)22)6-4-3-5-7-16/h8,10,18H,3-7,9H2,1-2H3,(H2,17,22). The van der Waals surface area contributed by atoms with Gasteiger partial charge in [-0.1, -0.05) is 19.3 Å². The van der Waals surface area contributed by atoms with Crippen LogP contribution in [0.25, 0.3) is 5.78 Å². The van der Waals surface area contributed by atoms with Crippen molar-refractivity contribution in [2.75, 3.05) is 0 Å². The molecule has 22 heavy (non-hydrogen) atoms. The summed E-state index contributed by atoms with van der Waals surface area (Å²) in [7, 11) is 0. The fraction of sp³-hybridized carbons (Fsp3) is 0.562. The molecule has 118 valence electrons. The number of rotatable bonds is 4. The summed E-state index contributed by atoms with van der Waals surface area (Å²) in [6.45, 7) is 4.53. The quantitative estimate of drug-likeness (QED) is 0.898. The van der Waals surface area contributed by atoms with E-state index in [-0.39, 0.29) is 5.91 Å². The van der Waals surface area contributed by atoms with Crippen LogP contribution in [0.2, 0.25) is 0 Å². The van der Waals surface area contributed by atoms with Crippen LogP contribution in [0, 0.1) is 13.8 Å². The van der Waals surface area contributed by atoms with Gasteiger partial charge in [-0.15, -0.1) is 0 Å². The molecule has 1 aliphatic carbocycles. The van der Waals surface area contributed by atoms with E-state index in [1.807, 2.05) is 30.5 Å². The minimum Gasteiger partial charge on any atom is -0.368 e. The molecule has 0 saturated heterocycles. The van der Waals surface area contributed by atoms with Crippen LogP contribution in [0.15, 0.2) is 12.3 Å². The average molecular weight is 301 g/mol. The number of aromatic nitrogens is 3. The number of carbonyl (C=O) groups is 1. The van der Waals surface area contributed by atoms with Gasteiger partial charge in [0.05, 0.1) is 11.2 Å². The molecule has 2 aromatic heterocycles. The fourth-order valence-corrected chi connectivity index (χ4v) is 3.33. The number of nitrogens with two attached hydrogens (primary N) is 1. The number of fused-ring (bicyclic) bond motifs is 1. The third kappa shape index (κ3) is 2.70. The van der Waals surface area contributed by atoms with Crippen LogP contribution >= 0.6 is 0 Å². The van der Waals surface area contributed by atoms with Crippen LogP contribution in [0.1, 0.15) is 49.2 Å². The molecule has 0 unspecified atom stereocenters. The van der Waals surface area contributed by atoms with E-state index in [4.69, 9.17) is 5.73 Å². The molecule has 1 aliphatic rings. The lowest BCUT2D eigenvalue weighted by Gasteiger charge is -2.35. The van der Waals surface area contributed by atoms with Crippen molar-refractivity contribution < 1.29 is 4.79 Å². The number of imidazole rings is 1. The van der Waals surface area contributed by atoms with Gasteiger partial charge in [-0.25, -0.2) is 9.97 Å². The highest BCUT2D eigenvalue weighted by molar-refractivity contribution is 5.84. The second-order valence-corrected chi connectivity index (χ2v) is 6.30. The van der Waals surface area contributed by atoms with E-state index < -0.39 is 5.54 Å². The molecule has 0 atom stereocenters. The van der Waals surface area contributed by atoms with Gasteiger partial charge < -0.3 is 5.73 Å². The van der Waals surface area contributed by atoms with E-state index in [1.54, 1.807) is 0 Å². The zero-order chi connectivity index (χ0) is 15.7. The summed E-state index contributed by atoms with van der Waals surface area (Å²) in [4.78, 5) is 20.9. The predicted molar refractivity (Wildman–Crippen MR) is 84.3 cm³/mol. The van der Waals surface area contributed by atoms with E-state index in [1.165, 1.54) is 6.42 Å². The van der Waals surface area contributed by atoms with Crippen molar-refractivity contribution in [2.24, 2.45) is 5.73 Å². The van der Waals surface area contributed by atoms with Gasteiger partial charge in [0, 0.05) is 24.1 Å². The summed E-state index contributed by atoms with van der Waals surface area (Å²) in [6, 6.07) is 2.03. The van der Waals surface area contributed by atoms with E-state index in [0.29, 0.717) is 12.3 Å². The second kappa shape index (κ2) is 5.68. The topological polar surface area (TPSA) is 85.3 Å². The molecular weight excluding hydrogens is 278 g/mol. The largest absolute Gasteiger partial charge is 0.368 e. The molecule has 2 heterocycles. The summed E-state index contributed by atoms with van der Waals surface area (Å²) in [5.74, 6) is 0.451. The number of nitrogens with one attached hydrogen (secondary N) is 1. The minimum atomic E-state index is -0.577. The Labute approximate surface area is 130 Å². The molecule has 3 rings (SSSR count). The third-order valence-corrected chi connectivity index (χ3v) is 4.60. The van der Waals surface area contributed by atoms with Crippen LogP contribution in [-0.4, -0.2) is 25.8 Å². The molecule has 1 saturated carbocycles. The van der Waals surface area contributed by atoms with Gasteiger partial charge in [-0.2, -0.15) is 0 Å². The highest BCUT2D eigenvalue weighted by atomic mass is 16.1. The van der Waals surface area contributed by atoms with Crippen molar-refractivity contribution in [1.29, 1.82) is 0 Å². The fourth-order valence-electron chi connectivity index (χ4n) is 3.33. The molecule has 0 spiro atoms. The van der Waals surface area contributed by atoms with E-state index in [0.717, 1.165) is 42.8 Å². The molecule has 6 nitrogen and oxygen atoms in total. The Bertz CT molecular complexity index is 700. The first-order valence-corrected chi connectivity index (χ1v) is 7.87. The normalized spacial score (nSPS) is 17.7. The molecule has 1 amide bonds. The van der Waals surface area contributed by atoms with Crippen LogP contribution in [0.4, 0.5) is 0 Å². The lowest BCUT2D eigenvalue weighted by Crippen LogP contribution is -2.56. The zero-order valence-electron chi connectivity index (χ0n) is 13.2. The molecular formula is C16H23N5O. The van der Waals surface area contributed by atoms with Gasteiger partial charge in [-0.3, -0.25) is 14.5 Å². The Balaban J connectivity index is 1.81. The van der Waals surface area contributed by atoms with E-state index in [9.17, 15) is 4.79 Å². The minimum absolute atomic E-state index is 0.249. The highest BCUT2D eigenvalue weighted by Gasteiger charge is 2.37. The lowest BCUT2D eigenvalue weighted by atomic mass is 9.81. The van der Waals surface area contributed by atoms with Gasteiger partial charge in [0.25, 0.3) is 0 Å². The van der Waals surface area contributed by atoms with Crippen molar-refractivity contribution in [3.8, 4) is 0 Å². The van der Waals surface area contributed by atoms with Gasteiger partial charge in [0.2, 0.25) is 11.7 Å². The first kappa shape index (κ1) is 15.0. The monoisotopic (exact) mass is 301 g/mol. The summed E-state index contributed by atoms with van der Waals surface area (Å²) in [5, 5.41) is 3.37. The number of nitrogens with zero attached hydrogens (tertiary/aromatic N) is 3. The number of hydrogen-bond donors (Lipinski definition) is 2. The number of primary amides is 1. The molecule has 1 fully saturated rings. The van der Waals surface area contributed by atoms with Crippen molar-refractivity contribution in [3.63, 3.8) is 0 Å². The molecule has 6 heteroatoms. The smallest absolute Gasteiger partial charge is 0.237 e. The average Bonchev–Trinajstić information content (AvgIpc) is 2.89. The molecule has 0 aliphatic heterocycles. The van der Waals surface area contributed by atoms with Crippen molar-refractivity contribution in [1.82, 2.24) is 19.7 Å². The third-order valence-electron chi connectivity index (χ3n) is 4.60. The number of aryl methyl sites for hydroxylation is 2. The van der Waals surface area contributed by atoms with Crippen molar-refractivity contribution >= 4 is 11.7 Å². The van der Waals surface area contributed by atoms with Gasteiger partial charge >= 0.3 is 0 Å². The van der Waals surface area contributed by atoms with Crippen LogP contribution < -0.4 is 11.1 Å². The predicted octanol–water partition coefficient (Wildman–Crippen LogP) is 1.62. The Morgan fingerprint density at radius 3 is 2.73 bits per heavy atom. The first-order chi connectivity index (χ1) is 10.5. The molecule has 3 N–H and O–H groups in total. The number of hydrogen-bond acceptors (Lipinski definition) is 4. The van der Waals surface area contributed by atoms with E-state index in [2.05, 4.69) is 15.3 Å². The van der Waals surface area contributed by atoms with Gasteiger partial charge in [-0.05, 0) is 32.8 Å². The zero-order valence-corrected chi connectivity index (χ0v) is 13.2. The van der Waals surface area contributed by atoms with Crippen LogP contribution in [0.3, 0.4) is 0 Å². The van der Waals surface area contributed by atoms with Crippen molar-refractivity contribution in [2.45, 2.75) is 58.0 Å². The maximum absolute atomic E-state index is 11.9. The summed E-state index contributed by atoms with van der Waals surface area (Å²) < 4.78 is 1.97. The lowest BCUT2D eigenvalue weighted by molar-refractivity contribution is -0.125. The Morgan fingerprint density at radius 1 is 1.32 bits per heavy atom. The molecule has 2 aromatic rings. The van der Waals surface area contributed by atoms with Gasteiger partial charge in [0.15, 0.2) is 0 Å². The number of amides is 1. The second-order valence-electron chi connectivity index (χ2n) is 6.30. The summed E-state index contributed by atoms with van der Waals surface area (Å²) >= 11 is 0. The summed E-state index contributed by atoms with van der Waals surface area (Å²) in [6.07, 6.45) is 6.86. The molecule has 0 aromatic carbocycles.